The lowest BCUT2D eigenvalue weighted by molar-refractivity contribution is -0.134. The fourth-order valence-corrected chi connectivity index (χ4v) is 3.64. The molecule has 2 bridgehead atoms. The first-order valence-corrected chi connectivity index (χ1v) is 7.75. The van der Waals surface area contributed by atoms with Gasteiger partial charge in [0.05, 0.1) is 25.2 Å². The van der Waals surface area contributed by atoms with Gasteiger partial charge in [0.25, 0.3) is 5.56 Å². The van der Waals surface area contributed by atoms with Crippen LogP contribution in [0.25, 0.3) is 10.9 Å². The van der Waals surface area contributed by atoms with Crippen molar-refractivity contribution in [1.82, 2.24) is 9.88 Å². The molecule has 23 heavy (non-hydrogen) atoms. The maximum atomic E-state index is 13.5. The lowest BCUT2D eigenvalue weighted by Gasteiger charge is -2.27. The Hall–Kier alpha value is -2.21. The predicted octanol–water partition coefficient (Wildman–Crippen LogP) is 1.52. The number of amides is 1. The number of likely N-dealkylation sites (tertiary alicyclic amines) is 1. The second kappa shape index (κ2) is 5.16. The number of carbonyl (C=O) groups is 1. The molecule has 1 amide bonds. The van der Waals surface area contributed by atoms with E-state index < -0.39 is 0 Å². The van der Waals surface area contributed by atoms with Crippen molar-refractivity contribution >= 4 is 16.8 Å². The van der Waals surface area contributed by atoms with Gasteiger partial charge in [-0.1, -0.05) is 0 Å². The van der Waals surface area contributed by atoms with Crippen LogP contribution < -0.4 is 5.56 Å². The van der Waals surface area contributed by atoms with Crippen LogP contribution in [0.15, 0.2) is 23.0 Å². The number of pyridine rings is 1. The first kappa shape index (κ1) is 14.4. The Morgan fingerprint density at radius 1 is 1.48 bits per heavy atom. The van der Waals surface area contributed by atoms with Gasteiger partial charge in [-0.25, -0.2) is 4.39 Å². The molecule has 2 unspecified atom stereocenters. The van der Waals surface area contributed by atoms with Crippen LogP contribution in [0.1, 0.15) is 17.5 Å². The van der Waals surface area contributed by atoms with Crippen molar-refractivity contribution < 1.29 is 13.9 Å². The molecule has 6 heteroatoms. The normalized spacial score (nSPS) is 23.0. The Balaban J connectivity index is 1.68. The summed E-state index contributed by atoms with van der Waals surface area (Å²) in [7, 11) is 0. The van der Waals surface area contributed by atoms with Gasteiger partial charge in [0.2, 0.25) is 5.91 Å². The van der Waals surface area contributed by atoms with Crippen molar-refractivity contribution in [1.29, 1.82) is 0 Å². The lowest BCUT2D eigenvalue weighted by Crippen LogP contribution is -2.42. The van der Waals surface area contributed by atoms with E-state index in [0.29, 0.717) is 35.2 Å². The Morgan fingerprint density at radius 2 is 2.30 bits per heavy atom. The number of morpholine rings is 1. The van der Waals surface area contributed by atoms with E-state index in [4.69, 9.17) is 4.74 Å². The van der Waals surface area contributed by atoms with Crippen molar-refractivity contribution in [2.24, 2.45) is 0 Å². The third-order valence-electron chi connectivity index (χ3n) is 4.91. The number of H-pyrrole nitrogens is 1. The molecule has 0 saturated carbocycles. The highest BCUT2D eigenvalue weighted by molar-refractivity contribution is 5.86. The molecule has 4 rings (SSSR count). The van der Waals surface area contributed by atoms with E-state index in [0.717, 1.165) is 6.42 Å². The third kappa shape index (κ3) is 2.34. The number of aromatic amines is 1. The van der Waals surface area contributed by atoms with Gasteiger partial charge >= 0.3 is 0 Å². The van der Waals surface area contributed by atoms with Crippen LogP contribution in [0.4, 0.5) is 4.39 Å². The Morgan fingerprint density at radius 3 is 3.00 bits per heavy atom. The molecular formula is C17H17FN2O3. The van der Waals surface area contributed by atoms with Crippen molar-refractivity contribution in [3.8, 4) is 0 Å². The van der Waals surface area contributed by atoms with Gasteiger partial charge in [-0.2, -0.15) is 0 Å². The van der Waals surface area contributed by atoms with Crippen molar-refractivity contribution in [3.63, 3.8) is 0 Å². The van der Waals surface area contributed by atoms with Gasteiger partial charge in [0.1, 0.15) is 5.82 Å². The lowest BCUT2D eigenvalue weighted by atomic mass is 10.0. The summed E-state index contributed by atoms with van der Waals surface area (Å²) in [5, 5.41) is 0.638. The second-order valence-corrected chi connectivity index (χ2v) is 6.32. The summed E-state index contributed by atoms with van der Waals surface area (Å²) in [5.41, 5.74) is 1.38. The van der Waals surface area contributed by atoms with Crippen LogP contribution in [0.5, 0.6) is 0 Å². The van der Waals surface area contributed by atoms with Gasteiger partial charge in [-0.05, 0) is 37.1 Å². The number of nitrogens with one attached hydrogen (secondary N) is 1. The molecule has 2 atom stereocenters. The summed E-state index contributed by atoms with van der Waals surface area (Å²) < 4.78 is 19.0. The van der Waals surface area contributed by atoms with Crippen LogP contribution >= 0.6 is 0 Å². The molecule has 0 spiro atoms. The zero-order valence-corrected chi connectivity index (χ0v) is 12.8. The molecule has 2 aliphatic rings. The Bertz CT molecular complexity index is 861. The quantitative estimate of drug-likeness (QED) is 0.914. The van der Waals surface area contributed by atoms with Gasteiger partial charge in [-0.3, -0.25) is 9.59 Å². The standard InChI is InChI=1S/C17H17FN2O3/c1-9-13-4-10(18)2-3-15(13)19-17(22)14(9)6-16(21)20-7-12-5-11(20)8-23-12/h2-4,11-12H,5-8H2,1H3,(H,19,22). The van der Waals surface area contributed by atoms with Gasteiger partial charge in [-0.15, -0.1) is 0 Å². The number of hydrogen-bond donors (Lipinski definition) is 1. The summed E-state index contributed by atoms with van der Waals surface area (Å²) in [6.07, 6.45) is 1.05. The molecule has 2 fully saturated rings. The number of ether oxygens (including phenoxy) is 1. The number of carbonyl (C=O) groups excluding carboxylic acids is 1. The molecule has 2 aromatic rings. The minimum Gasteiger partial charge on any atom is -0.374 e. The molecule has 1 aromatic heterocycles. The van der Waals surface area contributed by atoms with E-state index in [-0.39, 0.29) is 35.9 Å². The molecule has 1 N–H and O–H groups in total. The summed E-state index contributed by atoms with van der Waals surface area (Å²) in [4.78, 5) is 29.4. The minimum absolute atomic E-state index is 0.0385. The number of fused-ring (bicyclic) bond motifs is 3. The third-order valence-corrected chi connectivity index (χ3v) is 4.91. The largest absolute Gasteiger partial charge is 0.374 e. The topological polar surface area (TPSA) is 62.4 Å². The summed E-state index contributed by atoms with van der Waals surface area (Å²) in [6.45, 7) is 2.94. The molecule has 1 aromatic carbocycles. The molecule has 2 aliphatic heterocycles. The van der Waals surface area contributed by atoms with Crippen molar-refractivity contribution in [2.75, 3.05) is 13.2 Å². The predicted molar refractivity (Wildman–Crippen MR) is 82.8 cm³/mol. The fraction of sp³-hybridized carbons (Fsp3) is 0.412. The Kier molecular flexibility index (Phi) is 3.23. The minimum atomic E-state index is -0.362. The first-order valence-electron chi connectivity index (χ1n) is 7.75. The Labute approximate surface area is 132 Å². The molecular weight excluding hydrogens is 299 g/mol. The van der Waals surface area contributed by atoms with Crippen LogP contribution in [0.3, 0.4) is 0 Å². The van der Waals surface area contributed by atoms with E-state index in [1.807, 2.05) is 4.90 Å². The van der Waals surface area contributed by atoms with Crippen LogP contribution in [-0.2, 0) is 16.0 Å². The number of halogens is 1. The number of hydrogen-bond acceptors (Lipinski definition) is 3. The van der Waals surface area contributed by atoms with Gasteiger partial charge in [0, 0.05) is 23.0 Å². The average molecular weight is 316 g/mol. The van der Waals surface area contributed by atoms with Gasteiger partial charge in [0.15, 0.2) is 0 Å². The summed E-state index contributed by atoms with van der Waals surface area (Å²) in [5.74, 6) is -0.427. The number of aromatic nitrogens is 1. The molecule has 0 aliphatic carbocycles. The monoisotopic (exact) mass is 316 g/mol. The van der Waals surface area contributed by atoms with Crippen LogP contribution in [0, 0.1) is 12.7 Å². The maximum Gasteiger partial charge on any atom is 0.252 e. The highest BCUT2D eigenvalue weighted by Gasteiger charge is 2.41. The SMILES string of the molecule is Cc1c(CC(=O)N2CC3CC2CO3)c(=O)[nH]c2ccc(F)cc12. The number of aryl methyl sites for hydroxylation is 1. The average Bonchev–Trinajstić information content (AvgIpc) is 3.15. The second-order valence-electron chi connectivity index (χ2n) is 6.32. The van der Waals surface area contributed by atoms with Crippen LogP contribution in [-0.4, -0.2) is 41.1 Å². The molecule has 3 heterocycles. The molecule has 5 nitrogen and oxygen atoms in total. The highest BCUT2D eigenvalue weighted by atomic mass is 19.1. The molecule has 0 radical (unpaired) electrons. The van der Waals surface area contributed by atoms with Crippen LogP contribution in [0.2, 0.25) is 0 Å². The maximum absolute atomic E-state index is 13.5. The zero-order valence-electron chi connectivity index (χ0n) is 12.8. The smallest absolute Gasteiger partial charge is 0.252 e. The summed E-state index contributed by atoms with van der Waals surface area (Å²) >= 11 is 0. The number of nitrogens with zero attached hydrogens (tertiary/aromatic N) is 1. The molecule has 120 valence electrons. The van der Waals surface area contributed by atoms with E-state index in [9.17, 15) is 14.0 Å². The van der Waals surface area contributed by atoms with E-state index in [1.54, 1.807) is 13.0 Å². The van der Waals surface area contributed by atoms with Crippen molar-refractivity contribution in [3.05, 3.63) is 45.5 Å². The van der Waals surface area contributed by atoms with E-state index in [1.165, 1.54) is 12.1 Å². The number of rotatable bonds is 2. The van der Waals surface area contributed by atoms with Gasteiger partial charge < -0.3 is 14.6 Å². The highest BCUT2D eigenvalue weighted by Crippen LogP contribution is 2.28. The fourth-order valence-electron chi connectivity index (χ4n) is 3.64. The summed E-state index contributed by atoms with van der Waals surface area (Å²) in [6, 6.07) is 4.37. The molecule has 2 saturated heterocycles. The first-order chi connectivity index (χ1) is 11.0. The van der Waals surface area contributed by atoms with E-state index in [2.05, 4.69) is 4.98 Å². The van der Waals surface area contributed by atoms with Crippen molar-refractivity contribution in [2.45, 2.75) is 31.9 Å². The zero-order chi connectivity index (χ0) is 16.1. The van der Waals surface area contributed by atoms with E-state index >= 15 is 0 Å². The number of benzene rings is 1.